The minimum absolute atomic E-state index is 0.101. The highest BCUT2D eigenvalue weighted by molar-refractivity contribution is 7.89. The number of hydrogen-bond donors (Lipinski definition) is 1. The third-order valence-electron chi connectivity index (χ3n) is 4.88. The lowest BCUT2D eigenvalue weighted by molar-refractivity contribution is 0.334. The quantitative estimate of drug-likeness (QED) is 0.925. The average molecular weight is 316 g/mol. The zero-order valence-electron chi connectivity index (χ0n) is 12.4. The minimum atomic E-state index is -3.42. The molecule has 2 bridgehead atoms. The first kappa shape index (κ1) is 14.2. The minimum Gasteiger partial charge on any atom is -0.315 e. The van der Waals surface area contributed by atoms with Crippen LogP contribution in [0.5, 0.6) is 0 Å². The zero-order chi connectivity index (χ0) is 15.2. The number of sulfonamides is 1. The Morgan fingerprint density at radius 1 is 0.955 bits per heavy atom. The molecule has 2 heterocycles. The van der Waals surface area contributed by atoms with E-state index < -0.39 is 10.0 Å². The van der Waals surface area contributed by atoms with Gasteiger partial charge in [0.15, 0.2) is 0 Å². The number of benzene rings is 2. The molecular formula is C17H20N2O2S. The second-order valence-electron chi connectivity index (χ2n) is 6.22. The molecule has 2 fully saturated rings. The fourth-order valence-electron chi connectivity index (χ4n) is 3.78. The molecule has 0 aromatic heterocycles. The summed E-state index contributed by atoms with van der Waals surface area (Å²) >= 11 is 0. The third-order valence-corrected chi connectivity index (χ3v) is 6.88. The zero-order valence-corrected chi connectivity index (χ0v) is 13.2. The average Bonchev–Trinajstić information content (AvgIpc) is 2.80. The van der Waals surface area contributed by atoms with Crippen molar-refractivity contribution < 1.29 is 8.42 Å². The van der Waals surface area contributed by atoms with E-state index >= 15 is 0 Å². The van der Waals surface area contributed by atoms with Crippen molar-refractivity contribution in [1.29, 1.82) is 0 Å². The van der Waals surface area contributed by atoms with Gasteiger partial charge < -0.3 is 5.32 Å². The van der Waals surface area contributed by atoms with Gasteiger partial charge in [0, 0.05) is 18.6 Å². The Morgan fingerprint density at radius 3 is 2.59 bits per heavy atom. The molecule has 2 aliphatic heterocycles. The molecule has 2 aromatic carbocycles. The van der Waals surface area contributed by atoms with Crippen LogP contribution in [0.25, 0.3) is 10.8 Å². The van der Waals surface area contributed by atoms with Crippen LogP contribution >= 0.6 is 0 Å². The first-order valence-corrected chi connectivity index (χ1v) is 9.33. The first-order chi connectivity index (χ1) is 10.7. The van der Waals surface area contributed by atoms with Gasteiger partial charge >= 0.3 is 0 Å². The van der Waals surface area contributed by atoms with Gasteiger partial charge in [-0.05, 0) is 48.7 Å². The highest BCUT2D eigenvalue weighted by Gasteiger charge is 2.42. The summed E-state index contributed by atoms with van der Waals surface area (Å²) in [5, 5.41) is 5.40. The van der Waals surface area contributed by atoms with E-state index in [4.69, 9.17) is 0 Å². The van der Waals surface area contributed by atoms with E-state index in [1.54, 1.807) is 10.4 Å². The monoisotopic (exact) mass is 316 g/mol. The summed E-state index contributed by atoms with van der Waals surface area (Å²) in [5.41, 5.74) is 0. The second-order valence-corrected chi connectivity index (χ2v) is 8.06. The summed E-state index contributed by atoms with van der Waals surface area (Å²) in [5.74, 6) is 0. The lowest BCUT2D eigenvalue weighted by Gasteiger charge is -2.27. The standard InChI is InChI=1S/C17H20N2O2S/c20-22(21,19-15-6-7-16(19)12-18-10-9-15)17-8-5-13-3-1-2-4-14(13)11-17/h1-5,8,11,15-16,18H,6-7,9-10,12H2. The van der Waals surface area contributed by atoms with Crippen molar-refractivity contribution in [1.82, 2.24) is 9.62 Å². The number of nitrogens with zero attached hydrogens (tertiary/aromatic N) is 1. The molecule has 0 aliphatic carbocycles. The van der Waals surface area contributed by atoms with E-state index in [0.717, 1.165) is 43.1 Å². The normalized spacial score (nSPS) is 26.2. The predicted octanol–water partition coefficient (Wildman–Crippen LogP) is 2.35. The topological polar surface area (TPSA) is 49.4 Å². The van der Waals surface area contributed by atoms with Crippen LogP contribution in [0.3, 0.4) is 0 Å². The highest BCUT2D eigenvalue weighted by Crippen LogP contribution is 2.34. The Labute approximate surface area is 131 Å². The van der Waals surface area contributed by atoms with Crippen LogP contribution in [0.2, 0.25) is 0 Å². The molecule has 2 atom stereocenters. The lowest BCUT2D eigenvalue weighted by Crippen LogP contribution is -2.42. The summed E-state index contributed by atoms with van der Waals surface area (Å²) < 4.78 is 28.1. The van der Waals surface area contributed by atoms with Crippen LogP contribution in [0, 0.1) is 0 Å². The van der Waals surface area contributed by atoms with Gasteiger partial charge in [-0.15, -0.1) is 0 Å². The van der Waals surface area contributed by atoms with Crippen molar-refractivity contribution in [2.45, 2.75) is 36.2 Å². The third kappa shape index (κ3) is 2.24. The molecule has 4 nitrogen and oxygen atoms in total. The summed E-state index contributed by atoms with van der Waals surface area (Å²) in [4.78, 5) is 0.421. The number of hydrogen-bond acceptors (Lipinski definition) is 3. The van der Waals surface area contributed by atoms with Crippen molar-refractivity contribution in [3.8, 4) is 0 Å². The van der Waals surface area contributed by atoms with Crippen molar-refractivity contribution >= 4 is 20.8 Å². The molecule has 4 rings (SSSR count). The largest absolute Gasteiger partial charge is 0.315 e. The van der Waals surface area contributed by atoms with E-state index in [1.807, 2.05) is 36.4 Å². The molecule has 0 amide bonds. The summed E-state index contributed by atoms with van der Waals surface area (Å²) in [6.07, 6.45) is 2.85. The van der Waals surface area contributed by atoms with Crippen LogP contribution in [0.15, 0.2) is 47.4 Å². The molecule has 0 saturated carbocycles. The van der Waals surface area contributed by atoms with Gasteiger partial charge in [-0.25, -0.2) is 8.42 Å². The number of nitrogens with one attached hydrogen (secondary N) is 1. The molecule has 5 heteroatoms. The molecule has 0 spiro atoms. The van der Waals surface area contributed by atoms with Gasteiger partial charge in [0.1, 0.15) is 0 Å². The molecule has 1 N–H and O–H groups in total. The van der Waals surface area contributed by atoms with Crippen LogP contribution in [0.1, 0.15) is 19.3 Å². The molecule has 2 saturated heterocycles. The van der Waals surface area contributed by atoms with Gasteiger partial charge in [-0.2, -0.15) is 4.31 Å². The molecule has 2 aliphatic rings. The van der Waals surface area contributed by atoms with Crippen molar-refractivity contribution in [3.63, 3.8) is 0 Å². The number of fused-ring (bicyclic) bond motifs is 3. The maximum absolute atomic E-state index is 13.1. The Kier molecular flexibility index (Phi) is 3.44. The lowest BCUT2D eigenvalue weighted by atomic mass is 10.1. The van der Waals surface area contributed by atoms with Crippen molar-refractivity contribution in [3.05, 3.63) is 42.5 Å². The second kappa shape index (κ2) is 5.33. The molecule has 2 aromatic rings. The molecule has 0 radical (unpaired) electrons. The fraction of sp³-hybridized carbons (Fsp3) is 0.412. The van der Waals surface area contributed by atoms with Gasteiger partial charge in [0.2, 0.25) is 10.0 Å². The van der Waals surface area contributed by atoms with Crippen LogP contribution in [-0.4, -0.2) is 37.9 Å². The molecule has 2 unspecified atom stereocenters. The van der Waals surface area contributed by atoms with E-state index in [0.29, 0.717) is 4.90 Å². The smallest absolute Gasteiger partial charge is 0.243 e. The Balaban J connectivity index is 1.78. The summed E-state index contributed by atoms with van der Waals surface area (Å²) in [7, 11) is -3.42. The van der Waals surface area contributed by atoms with E-state index in [-0.39, 0.29) is 12.1 Å². The highest BCUT2D eigenvalue weighted by atomic mass is 32.2. The molecular weight excluding hydrogens is 296 g/mol. The van der Waals surface area contributed by atoms with E-state index in [2.05, 4.69) is 5.32 Å². The summed E-state index contributed by atoms with van der Waals surface area (Å²) in [6.45, 7) is 1.67. The maximum atomic E-state index is 13.1. The maximum Gasteiger partial charge on any atom is 0.243 e. The van der Waals surface area contributed by atoms with Gasteiger partial charge in [0.25, 0.3) is 0 Å². The van der Waals surface area contributed by atoms with Crippen LogP contribution in [0.4, 0.5) is 0 Å². The van der Waals surface area contributed by atoms with E-state index in [1.165, 1.54) is 0 Å². The predicted molar refractivity (Wildman–Crippen MR) is 87.3 cm³/mol. The summed E-state index contributed by atoms with van der Waals surface area (Å²) in [6, 6.07) is 13.6. The Hall–Kier alpha value is -1.43. The fourth-order valence-corrected chi connectivity index (χ4v) is 5.72. The van der Waals surface area contributed by atoms with E-state index in [9.17, 15) is 8.42 Å². The first-order valence-electron chi connectivity index (χ1n) is 7.89. The SMILES string of the molecule is O=S(=O)(c1ccc2ccccc2c1)N1C2CCNCC1CC2. The van der Waals surface area contributed by atoms with Crippen molar-refractivity contribution in [2.24, 2.45) is 0 Å². The molecule has 116 valence electrons. The molecule has 22 heavy (non-hydrogen) atoms. The van der Waals surface area contributed by atoms with Crippen molar-refractivity contribution in [2.75, 3.05) is 13.1 Å². The Morgan fingerprint density at radius 2 is 1.73 bits per heavy atom. The van der Waals surface area contributed by atoms with Crippen LogP contribution < -0.4 is 5.32 Å². The van der Waals surface area contributed by atoms with Gasteiger partial charge in [-0.3, -0.25) is 0 Å². The Bertz CT molecular complexity index is 789. The van der Waals surface area contributed by atoms with Gasteiger partial charge in [-0.1, -0.05) is 30.3 Å². The van der Waals surface area contributed by atoms with Gasteiger partial charge in [0.05, 0.1) is 4.90 Å². The number of rotatable bonds is 2. The van der Waals surface area contributed by atoms with Crippen LogP contribution in [-0.2, 0) is 10.0 Å².